The molecular formula is C18H29N3O. The van der Waals surface area contributed by atoms with Crippen molar-refractivity contribution in [2.75, 3.05) is 13.2 Å². The highest BCUT2D eigenvalue weighted by Crippen LogP contribution is 2.49. The first-order valence-corrected chi connectivity index (χ1v) is 9.05. The van der Waals surface area contributed by atoms with Gasteiger partial charge < -0.3 is 10.1 Å². The molecule has 22 heavy (non-hydrogen) atoms. The van der Waals surface area contributed by atoms with Gasteiger partial charge in [-0.3, -0.25) is 4.68 Å². The van der Waals surface area contributed by atoms with Gasteiger partial charge in [0, 0.05) is 38.4 Å². The van der Waals surface area contributed by atoms with E-state index in [2.05, 4.69) is 23.4 Å². The molecule has 3 aliphatic rings. The first-order valence-electron chi connectivity index (χ1n) is 9.05. The molecule has 0 spiro atoms. The molecule has 3 fully saturated rings. The molecule has 4 rings (SSSR count). The van der Waals surface area contributed by atoms with E-state index in [9.17, 15) is 0 Å². The molecule has 0 amide bonds. The first-order chi connectivity index (χ1) is 10.7. The van der Waals surface area contributed by atoms with Crippen LogP contribution >= 0.6 is 0 Å². The third kappa shape index (κ3) is 2.61. The van der Waals surface area contributed by atoms with Crippen molar-refractivity contribution in [3.8, 4) is 0 Å². The maximum absolute atomic E-state index is 6.00. The van der Waals surface area contributed by atoms with Crippen LogP contribution in [0.5, 0.6) is 0 Å². The van der Waals surface area contributed by atoms with Crippen LogP contribution in [-0.2, 0) is 11.8 Å². The highest BCUT2D eigenvalue weighted by Gasteiger charge is 2.42. The molecule has 6 atom stereocenters. The number of rotatable bonds is 5. The summed E-state index contributed by atoms with van der Waals surface area (Å²) in [6.07, 6.45) is 9.18. The average molecular weight is 303 g/mol. The Morgan fingerprint density at radius 1 is 1.36 bits per heavy atom. The van der Waals surface area contributed by atoms with E-state index in [1.165, 1.54) is 31.4 Å². The van der Waals surface area contributed by atoms with Crippen LogP contribution in [0.25, 0.3) is 0 Å². The van der Waals surface area contributed by atoms with Gasteiger partial charge in [-0.1, -0.05) is 6.42 Å². The molecule has 0 aromatic carbocycles. The lowest BCUT2D eigenvalue weighted by atomic mass is 9.83. The van der Waals surface area contributed by atoms with Crippen LogP contribution in [0.1, 0.15) is 50.8 Å². The number of aryl methyl sites for hydroxylation is 1. The van der Waals surface area contributed by atoms with Crippen LogP contribution < -0.4 is 5.32 Å². The van der Waals surface area contributed by atoms with E-state index in [0.717, 1.165) is 37.3 Å². The summed E-state index contributed by atoms with van der Waals surface area (Å²) in [6, 6.07) is 2.76. The monoisotopic (exact) mass is 303 g/mol. The molecule has 1 aliphatic heterocycles. The minimum Gasteiger partial charge on any atom is -0.372 e. The fourth-order valence-electron chi connectivity index (χ4n) is 5.23. The zero-order valence-corrected chi connectivity index (χ0v) is 13.9. The van der Waals surface area contributed by atoms with Gasteiger partial charge in [0.05, 0.1) is 5.69 Å². The van der Waals surface area contributed by atoms with Crippen LogP contribution in [0, 0.1) is 23.7 Å². The second kappa shape index (κ2) is 5.97. The zero-order chi connectivity index (χ0) is 15.1. The van der Waals surface area contributed by atoms with E-state index in [4.69, 9.17) is 4.74 Å². The fourth-order valence-corrected chi connectivity index (χ4v) is 5.23. The van der Waals surface area contributed by atoms with Crippen molar-refractivity contribution in [2.45, 2.75) is 51.2 Å². The SMILES string of the molecule is CC(NC[C@@H]1CCO[C@H]1c1ccnn1C)C1CC2CCC1C2. The van der Waals surface area contributed by atoms with E-state index >= 15 is 0 Å². The molecule has 1 saturated heterocycles. The smallest absolute Gasteiger partial charge is 0.103 e. The molecule has 2 saturated carbocycles. The second-order valence-corrected chi connectivity index (χ2v) is 7.76. The van der Waals surface area contributed by atoms with Crippen LogP contribution in [0.15, 0.2) is 12.3 Å². The van der Waals surface area contributed by atoms with Crippen molar-refractivity contribution in [1.29, 1.82) is 0 Å². The normalized spacial score (nSPS) is 38.7. The largest absolute Gasteiger partial charge is 0.372 e. The van der Waals surface area contributed by atoms with Crippen molar-refractivity contribution in [3.05, 3.63) is 18.0 Å². The molecule has 1 aromatic rings. The van der Waals surface area contributed by atoms with Crippen LogP contribution in [0.4, 0.5) is 0 Å². The summed E-state index contributed by atoms with van der Waals surface area (Å²) in [6.45, 7) is 4.36. The Labute approximate surface area is 133 Å². The molecule has 4 heteroatoms. The van der Waals surface area contributed by atoms with Crippen molar-refractivity contribution in [1.82, 2.24) is 15.1 Å². The Balaban J connectivity index is 1.34. The summed E-state index contributed by atoms with van der Waals surface area (Å²) in [5, 5.41) is 8.15. The molecular weight excluding hydrogens is 274 g/mol. The van der Waals surface area contributed by atoms with Gasteiger partial charge in [-0.05, 0) is 56.4 Å². The Hall–Kier alpha value is -0.870. The van der Waals surface area contributed by atoms with Gasteiger partial charge in [-0.2, -0.15) is 5.10 Å². The number of hydrogen-bond donors (Lipinski definition) is 1. The molecule has 2 aliphatic carbocycles. The minimum atomic E-state index is 0.215. The topological polar surface area (TPSA) is 39.1 Å². The summed E-state index contributed by atoms with van der Waals surface area (Å²) in [5.74, 6) is 3.53. The lowest BCUT2D eigenvalue weighted by molar-refractivity contribution is 0.0822. The van der Waals surface area contributed by atoms with E-state index in [-0.39, 0.29) is 6.10 Å². The predicted molar refractivity (Wildman–Crippen MR) is 86.4 cm³/mol. The molecule has 1 N–H and O–H groups in total. The highest BCUT2D eigenvalue weighted by molar-refractivity contribution is 5.08. The number of nitrogens with one attached hydrogen (secondary N) is 1. The molecule has 2 heterocycles. The summed E-state index contributed by atoms with van der Waals surface area (Å²) >= 11 is 0. The molecule has 2 bridgehead atoms. The van der Waals surface area contributed by atoms with E-state index in [1.54, 1.807) is 0 Å². The molecule has 122 valence electrons. The molecule has 0 radical (unpaired) electrons. The standard InChI is InChI=1S/C18H29N3O/c1-12(16-10-13-3-4-14(16)9-13)19-11-15-6-8-22-18(15)17-5-7-20-21(17)2/h5,7,12-16,18-19H,3-4,6,8-11H2,1-2H3/t12?,13?,14?,15-,16?,18+/m0/s1. The van der Waals surface area contributed by atoms with Gasteiger partial charge in [-0.25, -0.2) is 0 Å². The van der Waals surface area contributed by atoms with Gasteiger partial charge >= 0.3 is 0 Å². The number of fused-ring (bicyclic) bond motifs is 2. The van der Waals surface area contributed by atoms with E-state index in [0.29, 0.717) is 12.0 Å². The fraction of sp³-hybridized carbons (Fsp3) is 0.833. The average Bonchev–Trinajstić information content (AvgIpc) is 3.28. The van der Waals surface area contributed by atoms with Gasteiger partial charge in [0.25, 0.3) is 0 Å². The van der Waals surface area contributed by atoms with Crippen molar-refractivity contribution < 1.29 is 4.74 Å². The second-order valence-electron chi connectivity index (χ2n) is 7.76. The van der Waals surface area contributed by atoms with Gasteiger partial charge in [-0.15, -0.1) is 0 Å². The summed E-state index contributed by atoms with van der Waals surface area (Å²) in [5.41, 5.74) is 1.22. The van der Waals surface area contributed by atoms with E-state index in [1.807, 2.05) is 17.9 Å². The quantitative estimate of drug-likeness (QED) is 0.909. The van der Waals surface area contributed by atoms with Crippen molar-refractivity contribution in [3.63, 3.8) is 0 Å². The zero-order valence-electron chi connectivity index (χ0n) is 13.9. The minimum absolute atomic E-state index is 0.215. The summed E-state index contributed by atoms with van der Waals surface area (Å²) in [7, 11) is 2.01. The number of nitrogens with zero attached hydrogens (tertiary/aromatic N) is 2. The van der Waals surface area contributed by atoms with Crippen LogP contribution in [0.3, 0.4) is 0 Å². The van der Waals surface area contributed by atoms with Crippen molar-refractivity contribution in [2.24, 2.45) is 30.7 Å². The van der Waals surface area contributed by atoms with Gasteiger partial charge in [0.1, 0.15) is 6.10 Å². The molecule has 4 nitrogen and oxygen atoms in total. The Morgan fingerprint density at radius 3 is 2.95 bits per heavy atom. The summed E-state index contributed by atoms with van der Waals surface area (Å²) in [4.78, 5) is 0. The molecule has 4 unspecified atom stereocenters. The predicted octanol–water partition coefficient (Wildman–Crippen LogP) is 2.91. The van der Waals surface area contributed by atoms with Gasteiger partial charge in [0.2, 0.25) is 0 Å². The maximum atomic E-state index is 6.00. The summed E-state index contributed by atoms with van der Waals surface area (Å²) < 4.78 is 7.96. The lowest BCUT2D eigenvalue weighted by Crippen LogP contribution is -2.39. The van der Waals surface area contributed by atoms with Crippen molar-refractivity contribution >= 4 is 0 Å². The third-order valence-electron chi connectivity index (χ3n) is 6.50. The van der Waals surface area contributed by atoms with Crippen LogP contribution in [-0.4, -0.2) is 29.0 Å². The van der Waals surface area contributed by atoms with Crippen LogP contribution in [0.2, 0.25) is 0 Å². The van der Waals surface area contributed by atoms with E-state index < -0.39 is 0 Å². The Kier molecular flexibility index (Phi) is 3.99. The lowest BCUT2D eigenvalue weighted by Gasteiger charge is -2.30. The highest BCUT2D eigenvalue weighted by atomic mass is 16.5. The maximum Gasteiger partial charge on any atom is 0.103 e. The third-order valence-corrected chi connectivity index (χ3v) is 6.50. The first kappa shape index (κ1) is 14.7. The Morgan fingerprint density at radius 2 is 2.27 bits per heavy atom. The molecule has 1 aromatic heterocycles. The number of aromatic nitrogens is 2. The number of ether oxygens (including phenoxy) is 1. The number of hydrogen-bond acceptors (Lipinski definition) is 3. The van der Waals surface area contributed by atoms with Gasteiger partial charge in [0.15, 0.2) is 0 Å². The Bertz CT molecular complexity index is 514.